The summed E-state index contributed by atoms with van der Waals surface area (Å²) in [4.78, 5) is 11.1. The Morgan fingerprint density at radius 3 is 2.29 bits per heavy atom. The predicted octanol–water partition coefficient (Wildman–Crippen LogP) is 0.884. The Hall–Kier alpha value is -0.545. The molecule has 14 heavy (non-hydrogen) atoms. The highest BCUT2D eigenvalue weighted by atomic mass is 16.4. The average Bonchev–Trinajstić information content (AvgIpc) is 2.53. The summed E-state index contributed by atoms with van der Waals surface area (Å²) in [6, 6.07) is 0. The fourth-order valence-corrected chi connectivity index (χ4v) is 2.25. The zero-order chi connectivity index (χ0) is 10.6. The zero-order valence-corrected chi connectivity index (χ0v) is 8.28. The summed E-state index contributed by atoms with van der Waals surface area (Å²) in [5, 5.41) is 26.4. The van der Waals surface area contributed by atoms with E-state index in [9.17, 15) is 4.79 Å². The summed E-state index contributed by atoms with van der Waals surface area (Å²) < 4.78 is 0. The van der Waals surface area contributed by atoms with E-state index in [1.165, 1.54) is 0 Å². The first-order valence-corrected chi connectivity index (χ1v) is 5.16. The average molecular weight is 200 g/mol. The van der Waals surface area contributed by atoms with Gasteiger partial charge in [0.25, 0.3) is 0 Å². The first-order chi connectivity index (χ1) is 6.57. The zero-order valence-electron chi connectivity index (χ0n) is 8.28. The Balaban J connectivity index is 2.40. The van der Waals surface area contributed by atoms with Gasteiger partial charge in [-0.15, -0.1) is 0 Å². The third-order valence-electron chi connectivity index (χ3n) is 3.13. The molecule has 1 rings (SSSR count). The summed E-state index contributed by atoms with van der Waals surface area (Å²) in [7, 11) is -1.30. The highest BCUT2D eigenvalue weighted by molar-refractivity contribution is 6.40. The van der Waals surface area contributed by atoms with E-state index in [1.54, 1.807) is 0 Å². The molecule has 0 aromatic rings. The molecule has 0 heterocycles. The van der Waals surface area contributed by atoms with Crippen LogP contribution in [0.2, 0.25) is 6.32 Å². The van der Waals surface area contributed by atoms with Crippen LogP contribution in [0.1, 0.15) is 38.5 Å². The molecule has 0 spiro atoms. The normalized spacial score (nSPS) is 19.6. The molecule has 0 aromatic heterocycles. The van der Waals surface area contributed by atoms with Crippen molar-refractivity contribution in [3.63, 3.8) is 0 Å². The predicted molar refractivity (Wildman–Crippen MR) is 52.8 cm³/mol. The largest absolute Gasteiger partial charge is 0.481 e. The van der Waals surface area contributed by atoms with Crippen LogP contribution in [-0.4, -0.2) is 28.2 Å². The van der Waals surface area contributed by atoms with Crippen LogP contribution in [0.4, 0.5) is 0 Å². The molecule has 80 valence electrons. The Labute approximate surface area is 84.1 Å². The van der Waals surface area contributed by atoms with Crippen molar-refractivity contribution < 1.29 is 19.9 Å². The van der Waals surface area contributed by atoms with E-state index < -0.39 is 18.5 Å². The van der Waals surface area contributed by atoms with E-state index in [-0.39, 0.29) is 6.32 Å². The Morgan fingerprint density at radius 1 is 1.29 bits per heavy atom. The monoisotopic (exact) mass is 200 g/mol. The molecule has 3 N–H and O–H groups in total. The van der Waals surface area contributed by atoms with Crippen LogP contribution in [0.15, 0.2) is 0 Å². The molecular formula is C9H17BO4. The lowest BCUT2D eigenvalue weighted by molar-refractivity contribution is -0.149. The van der Waals surface area contributed by atoms with Crippen molar-refractivity contribution in [1.82, 2.24) is 0 Å². The van der Waals surface area contributed by atoms with Crippen molar-refractivity contribution in [2.75, 3.05) is 0 Å². The lowest BCUT2D eigenvalue weighted by Gasteiger charge is -2.23. The van der Waals surface area contributed by atoms with Crippen LogP contribution in [0.3, 0.4) is 0 Å². The molecule has 0 atom stereocenters. The Bertz CT molecular complexity index is 199. The summed E-state index contributed by atoms with van der Waals surface area (Å²) in [6.07, 6.45) is 4.86. The Morgan fingerprint density at radius 2 is 1.86 bits per heavy atom. The van der Waals surface area contributed by atoms with Crippen molar-refractivity contribution in [3.8, 4) is 0 Å². The van der Waals surface area contributed by atoms with Gasteiger partial charge in [0, 0.05) is 0 Å². The molecule has 1 aliphatic rings. The van der Waals surface area contributed by atoms with E-state index in [0.717, 1.165) is 25.7 Å². The number of carbonyl (C=O) groups is 1. The maximum Gasteiger partial charge on any atom is 0.451 e. The van der Waals surface area contributed by atoms with E-state index in [1.807, 2.05) is 0 Å². The van der Waals surface area contributed by atoms with Gasteiger partial charge in [0.2, 0.25) is 0 Å². The number of carboxylic acids is 1. The fourth-order valence-electron chi connectivity index (χ4n) is 2.25. The van der Waals surface area contributed by atoms with Gasteiger partial charge in [0.05, 0.1) is 5.41 Å². The number of carboxylic acid groups (broad SMARTS) is 1. The number of aliphatic carboxylic acids is 1. The third kappa shape index (κ3) is 2.72. The highest BCUT2D eigenvalue weighted by Crippen LogP contribution is 2.42. The van der Waals surface area contributed by atoms with Crippen LogP contribution in [-0.2, 0) is 4.79 Å². The van der Waals surface area contributed by atoms with Gasteiger partial charge in [-0.25, -0.2) is 0 Å². The van der Waals surface area contributed by atoms with Gasteiger partial charge in [-0.2, -0.15) is 0 Å². The molecule has 0 aromatic carbocycles. The lowest BCUT2D eigenvalue weighted by Crippen LogP contribution is -2.28. The van der Waals surface area contributed by atoms with Crippen LogP contribution >= 0.6 is 0 Å². The summed E-state index contributed by atoms with van der Waals surface area (Å²) >= 11 is 0. The minimum absolute atomic E-state index is 0.273. The molecule has 5 heteroatoms. The van der Waals surface area contributed by atoms with Crippen LogP contribution < -0.4 is 0 Å². The molecule has 1 aliphatic carbocycles. The van der Waals surface area contributed by atoms with Crippen LogP contribution in [0, 0.1) is 5.41 Å². The molecule has 0 saturated heterocycles. The topological polar surface area (TPSA) is 77.8 Å². The van der Waals surface area contributed by atoms with E-state index in [2.05, 4.69) is 0 Å². The van der Waals surface area contributed by atoms with E-state index >= 15 is 0 Å². The van der Waals surface area contributed by atoms with Gasteiger partial charge < -0.3 is 15.2 Å². The van der Waals surface area contributed by atoms with E-state index in [4.69, 9.17) is 15.2 Å². The third-order valence-corrected chi connectivity index (χ3v) is 3.13. The van der Waals surface area contributed by atoms with Crippen LogP contribution in [0.25, 0.3) is 0 Å². The molecule has 1 fully saturated rings. The number of hydrogen-bond donors (Lipinski definition) is 3. The van der Waals surface area contributed by atoms with Crippen molar-refractivity contribution in [2.24, 2.45) is 5.41 Å². The fraction of sp³-hybridized carbons (Fsp3) is 0.889. The number of hydrogen-bond acceptors (Lipinski definition) is 3. The van der Waals surface area contributed by atoms with Crippen molar-refractivity contribution in [2.45, 2.75) is 44.8 Å². The quantitative estimate of drug-likeness (QED) is 0.575. The van der Waals surface area contributed by atoms with Gasteiger partial charge >= 0.3 is 13.1 Å². The molecular weight excluding hydrogens is 183 g/mol. The number of rotatable bonds is 5. The molecule has 0 bridgehead atoms. The molecule has 4 nitrogen and oxygen atoms in total. The minimum Gasteiger partial charge on any atom is -0.481 e. The van der Waals surface area contributed by atoms with Crippen molar-refractivity contribution in [3.05, 3.63) is 0 Å². The first kappa shape index (κ1) is 11.5. The maximum absolute atomic E-state index is 11.1. The molecule has 0 unspecified atom stereocenters. The van der Waals surface area contributed by atoms with Gasteiger partial charge in [-0.1, -0.05) is 19.3 Å². The molecule has 1 saturated carbocycles. The second-order valence-corrected chi connectivity index (χ2v) is 4.17. The van der Waals surface area contributed by atoms with Gasteiger partial charge in [-0.05, 0) is 25.6 Å². The first-order valence-electron chi connectivity index (χ1n) is 5.16. The van der Waals surface area contributed by atoms with Gasteiger partial charge in [0.15, 0.2) is 0 Å². The standard InChI is InChI=1S/C9H17BO4/c11-8(12)9(4-1-2-5-9)6-3-7-10(13)14/h13-14H,1-7H2,(H,11,12). The SMILES string of the molecule is O=C(O)C1(CCCB(O)O)CCCC1. The van der Waals surface area contributed by atoms with Crippen LogP contribution in [0.5, 0.6) is 0 Å². The Kier molecular flexibility index (Phi) is 3.95. The smallest absolute Gasteiger partial charge is 0.451 e. The second-order valence-electron chi connectivity index (χ2n) is 4.17. The highest BCUT2D eigenvalue weighted by Gasteiger charge is 2.40. The second kappa shape index (κ2) is 4.80. The molecule has 0 aliphatic heterocycles. The molecule has 0 amide bonds. The van der Waals surface area contributed by atoms with Gasteiger partial charge in [0.1, 0.15) is 0 Å². The lowest BCUT2D eigenvalue weighted by atomic mass is 9.76. The van der Waals surface area contributed by atoms with E-state index in [0.29, 0.717) is 12.8 Å². The summed E-state index contributed by atoms with van der Waals surface area (Å²) in [5.74, 6) is -0.720. The van der Waals surface area contributed by atoms with Crippen molar-refractivity contribution in [1.29, 1.82) is 0 Å². The van der Waals surface area contributed by atoms with Crippen molar-refractivity contribution >= 4 is 13.1 Å². The summed E-state index contributed by atoms with van der Waals surface area (Å²) in [6.45, 7) is 0. The minimum atomic E-state index is -1.30. The maximum atomic E-state index is 11.1. The van der Waals surface area contributed by atoms with Gasteiger partial charge in [-0.3, -0.25) is 4.79 Å². The summed E-state index contributed by atoms with van der Waals surface area (Å²) in [5.41, 5.74) is -0.575. The molecule has 0 radical (unpaired) electrons.